The fourth-order valence-electron chi connectivity index (χ4n) is 1.62. The molecule has 102 valence electrons. The summed E-state index contributed by atoms with van der Waals surface area (Å²) in [5, 5.41) is 2.36. The molecule has 1 aromatic heterocycles. The maximum absolute atomic E-state index is 13.3. The Morgan fingerprint density at radius 2 is 1.79 bits per heavy atom. The number of imidazole rings is 1. The van der Waals surface area contributed by atoms with Gasteiger partial charge in [-0.1, -0.05) is 0 Å². The van der Waals surface area contributed by atoms with Gasteiger partial charge in [0.15, 0.2) is 23.3 Å². The number of aryl methyl sites for hydroxylation is 1. The summed E-state index contributed by atoms with van der Waals surface area (Å²) in [4.78, 5) is 3.83. The lowest BCUT2D eigenvalue weighted by molar-refractivity contribution is 0.458. The molecule has 7 heteroatoms. The second kappa shape index (κ2) is 5.73. The maximum atomic E-state index is 13.3. The molecule has 0 saturated heterocycles. The third kappa shape index (κ3) is 3.04. The number of benzene rings is 1. The monoisotopic (exact) mass is 273 g/mol. The van der Waals surface area contributed by atoms with Crippen LogP contribution < -0.4 is 5.32 Å². The van der Waals surface area contributed by atoms with Crippen molar-refractivity contribution in [2.24, 2.45) is 0 Å². The van der Waals surface area contributed by atoms with Gasteiger partial charge >= 0.3 is 0 Å². The molecule has 0 aliphatic rings. The van der Waals surface area contributed by atoms with Gasteiger partial charge < -0.3 is 9.88 Å². The summed E-state index contributed by atoms with van der Waals surface area (Å²) >= 11 is 0. The maximum Gasteiger partial charge on any atom is 0.185 e. The summed E-state index contributed by atoms with van der Waals surface area (Å²) in [7, 11) is 0. The Morgan fingerprint density at radius 1 is 1.11 bits per heavy atom. The van der Waals surface area contributed by atoms with Gasteiger partial charge in [-0.05, 0) is 6.42 Å². The Labute approximate surface area is 106 Å². The van der Waals surface area contributed by atoms with Crippen molar-refractivity contribution >= 4 is 5.69 Å². The van der Waals surface area contributed by atoms with E-state index in [9.17, 15) is 17.6 Å². The average molecular weight is 273 g/mol. The summed E-state index contributed by atoms with van der Waals surface area (Å²) in [6.07, 6.45) is 5.47. The van der Waals surface area contributed by atoms with Crippen molar-refractivity contribution < 1.29 is 17.6 Å². The van der Waals surface area contributed by atoms with Crippen LogP contribution in [0.1, 0.15) is 6.42 Å². The van der Waals surface area contributed by atoms with Crippen molar-refractivity contribution in [2.75, 3.05) is 11.9 Å². The van der Waals surface area contributed by atoms with Crippen molar-refractivity contribution in [1.29, 1.82) is 0 Å². The van der Waals surface area contributed by atoms with E-state index in [1.54, 1.807) is 23.3 Å². The van der Waals surface area contributed by atoms with E-state index >= 15 is 0 Å². The minimum absolute atomic E-state index is 0.176. The van der Waals surface area contributed by atoms with E-state index in [1.165, 1.54) is 0 Å². The molecular weight excluding hydrogens is 262 g/mol. The molecule has 0 aliphatic carbocycles. The van der Waals surface area contributed by atoms with Crippen molar-refractivity contribution in [2.45, 2.75) is 13.0 Å². The first-order valence-corrected chi connectivity index (χ1v) is 5.62. The lowest BCUT2D eigenvalue weighted by Gasteiger charge is -2.10. The molecule has 0 atom stereocenters. The van der Waals surface area contributed by atoms with Crippen LogP contribution in [-0.4, -0.2) is 16.1 Å². The van der Waals surface area contributed by atoms with E-state index in [1.807, 2.05) is 0 Å². The molecule has 0 radical (unpaired) electrons. The molecule has 1 heterocycles. The van der Waals surface area contributed by atoms with E-state index in [0.717, 1.165) is 0 Å². The van der Waals surface area contributed by atoms with Crippen LogP contribution in [0.15, 0.2) is 24.8 Å². The van der Waals surface area contributed by atoms with Gasteiger partial charge in [0.2, 0.25) is 0 Å². The van der Waals surface area contributed by atoms with Crippen molar-refractivity contribution in [3.8, 4) is 0 Å². The standard InChI is InChI=1S/C12H11F4N3/c13-8-6-9(14)11(16)12(10(8)15)18-2-1-4-19-5-3-17-7-19/h3,5-7,18H,1-2,4H2. The zero-order chi connectivity index (χ0) is 13.8. The fraction of sp³-hybridized carbons (Fsp3) is 0.250. The zero-order valence-corrected chi connectivity index (χ0v) is 9.84. The molecule has 0 spiro atoms. The first-order valence-electron chi connectivity index (χ1n) is 5.62. The van der Waals surface area contributed by atoms with Crippen molar-refractivity contribution in [3.05, 3.63) is 48.1 Å². The molecule has 1 N–H and O–H groups in total. The SMILES string of the molecule is Fc1cc(F)c(F)c(NCCCn2ccnc2)c1F. The van der Waals surface area contributed by atoms with E-state index in [4.69, 9.17) is 0 Å². The van der Waals surface area contributed by atoms with Gasteiger partial charge in [0, 0.05) is 31.5 Å². The van der Waals surface area contributed by atoms with E-state index < -0.39 is 29.0 Å². The lowest BCUT2D eigenvalue weighted by atomic mass is 10.2. The lowest BCUT2D eigenvalue weighted by Crippen LogP contribution is -2.10. The minimum Gasteiger partial charge on any atom is -0.380 e. The summed E-state index contributed by atoms with van der Waals surface area (Å²) in [6, 6.07) is 0.182. The van der Waals surface area contributed by atoms with Gasteiger partial charge in [0.25, 0.3) is 0 Å². The fourth-order valence-corrected chi connectivity index (χ4v) is 1.62. The highest BCUT2D eigenvalue weighted by Crippen LogP contribution is 2.23. The van der Waals surface area contributed by atoms with Crippen LogP contribution in [0.2, 0.25) is 0 Å². The minimum atomic E-state index is -1.42. The van der Waals surface area contributed by atoms with Crippen molar-refractivity contribution in [1.82, 2.24) is 9.55 Å². The second-order valence-electron chi connectivity index (χ2n) is 3.92. The quantitative estimate of drug-likeness (QED) is 0.515. The Kier molecular flexibility index (Phi) is 4.03. The molecule has 0 amide bonds. The number of nitrogens with one attached hydrogen (secondary N) is 1. The van der Waals surface area contributed by atoms with Gasteiger partial charge in [-0.15, -0.1) is 0 Å². The summed E-state index contributed by atoms with van der Waals surface area (Å²) < 4.78 is 54.2. The predicted octanol–water partition coefficient (Wildman–Crippen LogP) is 2.94. The van der Waals surface area contributed by atoms with Crippen LogP contribution in [0, 0.1) is 23.3 Å². The Balaban J connectivity index is 1.96. The second-order valence-corrected chi connectivity index (χ2v) is 3.92. The van der Waals surface area contributed by atoms with Crippen LogP contribution in [-0.2, 0) is 6.54 Å². The van der Waals surface area contributed by atoms with E-state index in [0.29, 0.717) is 13.0 Å². The van der Waals surface area contributed by atoms with Gasteiger partial charge in [-0.2, -0.15) is 0 Å². The smallest absolute Gasteiger partial charge is 0.185 e. The molecule has 0 saturated carbocycles. The molecule has 0 fully saturated rings. The third-order valence-corrected chi connectivity index (χ3v) is 2.57. The zero-order valence-electron chi connectivity index (χ0n) is 9.84. The Morgan fingerprint density at radius 3 is 2.37 bits per heavy atom. The van der Waals surface area contributed by atoms with Gasteiger partial charge in [-0.3, -0.25) is 0 Å². The normalized spacial score (nSPS) is 10.7. The molecule has 2 aromatic rings. The summed E-state index contributed by atoms with van der Waals surface area (Å²) in [5.41, 5.74) is -0.775. The third-order valence-electron chi connectivity index (χ3n) is 2.57. The number of hydrogen-bond donors (Lipinski definition) is 1. The summed E-state index contributed by atoms with van der Waals surface area (Å²) in [5.74, 6) is -5.67. The Bertz CT molecular complexity index is 528. The molecule has 2 rings (SSSR count). The van der Waals surface area contributed by atoms with Gasteiger partial charge in [0.1, 0.15) is 5.69 Å². The largest absolute Gasteiger partial charge is 0.380 e. The molecule has 0 unspecified atom stereocenters. The first kappa shape index (κ1) is 13.4. The molecular formula is C12H11F4N3. The first-order chi connectivity index (χ1) is 9.09. The Hall–Kier alpha value is -2.05. The van der Waals surface area contributed by atoms with Crippen LogP contribution in [0.4, 0.5) is 23.2 Å². The number of nitrogens with zero attached hydrogens (tertiary/aromatic N) is 2. The molecule has 19 heavy (non-hydrogen) atoms. The van der Waals surface area contributed by atoms with Crippen LogP contribution in [0.5, 0.6) is 0 Å². The topological polar surface area (TPSA) is 29.9 Å². The van der Waals surface area contributed by atoms with Crippen LogP contribution in [0.25, 0.3) is 0 Å². The average Bonchev–Trinajstić information content (AvgIpc) is 2.89. The number of rotatable bonds is 5. The highest BCUT2D eigenvalue weighted by Gasteiger charge is 2.18. The molecule has 0 aliphatic heterocycles. The van der Waals surface area contributed by atoms with Crippen molar-refractivity contribution in [3.63, 3.8) is 0 Å². The van der Waals surface area contributed by atoms with E-state index in [2.05, 4.69) is 10.3 Å². The van der Waals surface area contributed by atoms with Gasteiger partial charge in [-0.25, -0.2) is 22.5 Å². The van der Waals surface area contributed by atoms with Crippen LogP contribution >= 0.6 is 0 Å². The van der Waals surface area contributed by atoms with Crippen LogP contribution in [0.3, 0.4) is 0 Å². The van der Waals surface area contributed by atoms with E-state index in [-0.39, 0.29) is 12.6 Å². The number of halogens is 4. The molecule has 1 aromatic carbocycles. The highest BCUT2D eigenvalue weighted by atomic mass is 19.2. The number of hydrogen-bond acceptors (Lipinski definition) is 2. The van der Waals surface area contributed by atoms with Gasteiger partial charge in [0.05, 0.1) is 6.33 Å². The number of aromatic nitrogens is 2. The summed E-state index contributed by atoms with van der Waals surface area (Å²) in [6.45, 7) is 0.753. The molecule has 3 nitrogen and oxygen atoms in total. The highest BCUT2D eigenvalue weighted by molar-refractivity contribution is 5.47. The number of anilines is 1. The predicted molar refractivity (Wildman–Crippen MR) is 61.6 cm³/mol. The molecule has 0 bridgehead atoms.